The third-order valence-corrected chi connectivity index (χ3v) is 3.73. The van der Waals surface area contributed by atoms with E-state index in [4.69, 9.17) is 0 Å². The average Bonchev–Trinajstić information content (AvgIpc) is 2.98. The number of nitrogens with zero attached hydrogens (tertiary/aromatic N) is 2. The lowest BCUT2D eigenvalue weighted by atomic mass is 10.1. The summed E-state index contributed by atoms with van der Waals surface area (Å²) in [6, 6.07) is 13.7. The summed E-state index contributed by atoms with van der Waals surface area (Å²) in [5.74, 6) is -0.0700. The Balaban J connectivity index is 1.85. The van der Waals surface area contributed by atoms with Crippen LogP contribution >= 0.6 is 0 Å². The number of nitrogens with one attached hydrogen (secondary N) is 1. The Morgan fingerprint density at radius 3 is 2.71 bits per heavy atom. The lowest BCUT2D eigenvalue weighted by Crippen LogP contribution is -2.27. The second-order valence-electron chi connectivity index (χ2n) is 5.13. The van der Waals surface area contributed by atoms with E-state index in [2.05, 4.69) is 10.3 Å². The second kappa shape index (κ2) is 5.40. The number of aromatic nitrogens is 2. The van der Waals surface area contributed by atoms with Crippen LogP contribution in [0.1, 0.15) is 34.6 Å². The molecule has 0 aliphatic heterocycles. The van der Waals surface area contributed by atoms with Crippen molar-refractivity contribution < 1.29 is 4.79 Å². The lowest BCUT2D eigenvalue weighted by molar-refractivity contribution is 0.0938. The predicted molar refractivity (Wildman–Crippen MR) is 82.3 cm³/mol. The smallest absolute Gasteiger partial charge is 0.253 e. The van der Waals surface area contributed by atoms with E-state index in [1.54, 1.807) is 12.5 Å². The Bertz CT molecular complexity index is 777. The van der Waals surface area contributed by atoms with Crippen LogP contribution in [0.5, 0.6) is 0 Å². The van der Waals surface area contributed by atoms with Crippen molar-refractivity contribution in [3.63, 3.8) is 0 Å². The first-order valence-electron chi connectivity index (χ1n) is 6.94. The first-order chi connectivity index (χ1) is 10.2. The normalized spacial score (nSPS) is 12.3. The van der Waals surface area contributed by atoms with Crippen molar-refractivity contribution in [3.8, 4) is 0 Å². The van der Waals surface area contributed by atoms with Gasteiger partial charge in [0.1, 0.15) is 0 Å². The number of amides is 1. The summed E-state index contributed by atoms with van der Waals surface area (Å²) in [7, 11) is 0. The molecule has 0 aliphatic carbocycles. The Labute approximate surface area is 123 Å². The van der Waals surface area contributed by atoms with Gasteiger partial charge in [-0.2, -0.15) is 0 Å². The van der Waals surface area contributed by atoms with E-state index in [1.165, 1.54) is 0 Å². The van der Waals surface area contributed by atoms with Crippen LogP contribution in [-0.4, -0.2) is 15.3 Å². The highest BCUT2D eigenvalue weighted by atomic mass is 16.1. The second-order valence-corrected chi connectivity index (χ2v) is 5.13. The molecule has 0 bridgehead atoms. The number of carbonyl (C=O) groups excluding carboxylic acids is 1. The fourth-order valence-electron chi connectivity index (χ4n) is 2.47. The summed E-state index contributed by atoms with van der Waals surface area (Å²) < 4.78 is 1.92. The minimum absolute atomic E-state index is 0.0309. The fraction of sp³-hybridized carbons (Fsp3) is 0.176. The van der Waals surface area contributed by atoms with Gasteiger partial charge in [0.2, 0.25) is 0 Å². The highest BCUT2D eigenvalue weighted by Crippen LogP contribution is 2.15. The molecule has 0 saturated heterocycles. The molecule has 1 N–H and O–H groups in total. The minimum atomic E-state index is -0.0700. The largest absolute Gasteiger partial charge is 0.345 e. The molecule has 1 aromatic carbocycles. The quantitative estimate of drug-likeness (QED) is 0.800. The number of imidazole rings is 1. The van der Waals surface area contributed by atoms with Gasteiger partial charge in [0.15, 0.2) is 0 Å². The highest BCUT2D eigenvalue weighted by Gasteiger charge is 2.14. The summed E-state index contributed by atoms with van der Waals surface area (Å²) in [4.78, 5) is 16.6. The van der Waals surface area contributed by atoms with Gasteiger partial charge < -0.3 is 9.72 Å². The van der Waals surface area contributed by atoms with Crippen LogP contribution in [0.4, 0.5) is 0 Å². The van der Waals surface area contributed by atoms with Crippen LogP contribution in [0.25, 0.3) is 5.52 Å². The van der Waals surface area contributed by atoms with Crippen LogP contribution in [0, 0.1) is 6.92 Å². The average molecular weight is 279 g/mol. The van der Waals surface area contributed by atoms with Crippen molar-refractivity contribution in [1.82, 2.24) is 14.7 Å². The molecule has 0 unspecified atom stereocenters. The molecule has 0 radical (unpaired) electrons. The summed E-state index contributed by atoms with van der Waals surface area (Å²) in [5, 5.41) is 3.04. The van der Waals surface area contributed by atoms with E-state index in [0.29, 0.717) is 5.56 Å². The zero-order valence-electron chi connectivity index (χ0n) is 12.1. The molecule has 4 heteroatoms. The van der Waals surface area contributed by atoms with E-state index in [0.717, 1.165) is 16.8 Å². The fourth-order valence-corrected chi connectivity index (χ4v) is 2.47. The van der Waals surface area contributed by atoms with Gasteiger partial charge in [-0.3, -0.25) is 4.79 Å². The van der Waals surface area contributed by atoms with Crippen LogP contribution in [0.15, 0.2) is 55.0 Å². The van der Waals surface area contributed by atoms with Gasteiger partial charge in [0, 0.05) is 5.69 Å². The summed E-state index contributed by atoms with van der Waals surface area (Å²) in [6.45, 7) is 3.91. The number of carbonyl (C=O) groups is 1. The van der Waals surface area contributed by atoms with Crippen LogP contribution < -0.4 is 5.32 Å². The molecule has 21 heavy (non-hydrogen) atoms. The maximum absolute atomic E-state index is 12.5. The third kappa shape index (κ3) is 2.52. The first kappa shape index (κ1) is 13.4. The molecular weight excluding hydrogens is 262 g/mol. The van der Waals surface area contributed by atoms with E-state index in [-0.39, 0.29) is 11.9 Å². The van der Waals surface area contributed by atoms with E-state index in [9.17, 15) is 4.79 Å². The third-order valence-electron chi connectivity index (χ3n) is 3.73. The Hall–Kier alpha value is -2.62. The Morgan fingerprint density at radius 2 is 1.95 bits per heavy atom. The maximum Gasteiger partial charge on any atom is 0.253 e. The van der Waals surface area contributed by atoms with Gasteiger partial charge in [-0.15, -0.1) is 0 Å². The van der Waals surface area contributed by atoms with Crippen molar-refractivity contribution in [2.45, 2.75) is 19.9 Å². The summed E-state index contributed by atoms with van der Waals surface area (Å²) in [5.41, 5.74) is 3.64. The molecule has 0 fully saturated rings. The lowest BCUT2D eigenvalue weighted by Gasteiger charge is -2.15. The molecule has 1 amide bonds. The number of pyridine rings is 1. The van der Waals surface area contributed by atoms with Crippen molar-refractivity contribution in [3.05, 3.63) is 71.8 Å². The van der Waals surface area contributed by atoms with Crippen molar-refractivity contribution in [2.24, 2.45) is 0 Å². The number of rotatable bonds is 3. The van der Waals surface area contributed by atoms with Crippen LogP contribution in [-0.2, 0) is 0 Å². The number of hydrogen-bond donors (Lipinski definition) is 1. The SMILES string of the molecule is Cc1c(C(=O)N[C@@H](C)c2ccccc2)ccc2cncn12. The number of fused-ring (bicyclic) bond motifs is 1. The Morgan fingerprint density at radius 1 is 1.19 bits per heavy atom. The Kier molecular flexibility index (Phi) is 3.44. The van der Waals surface area contributed by atoms with Gasteiger partial charge in [-0.05, 0) is 31.5 Å². The molecule has 3 aromatic rings. The minimum Gasteiger partial charge on any atom is -0.345 e. The topological polar surface area (TPSA) is 46.4 Å². The number of benzene rings is 1. The molecular formula is C17H17N3O. The summed E-state index contributed by atoms with van der Waals surface area (Å²) >= 11 is 0. The van der Waals surface area contributed by atoms with Crippen LogP contribution in [0.2, 0.25) is 0 Å². The van der Waals surface area contributed by atoms with Crippen LogP contribution in [0.3, 0.4) is 0 Å². The maximum atomic E-state index is 12.5. The highest BCUT2D eigenvalue weighted by molar-refractivity contribution is 5.95. The predicted octanol–water partition coefficient (Wildman–Crippen LogP) is 3.13. The van der Waals surface area contributed by atoms with Gasteiger partial charge in [-0.1, -0.05) is 30.3 Å². The molecule has 3 rings (SSSR count). The summed E-state index contributed by atoms with van der Waals surface area (Å²) in [6.07, 6.45) is 3.50. The van der Waals surface area contributed by atoms with Crippen molar-refractivity contribution in [2.75, 3.05) is 0 Å². The molecule has 106 valence electrons. The van der Waals surface area contributed by atoms with Gasteiger partial charge in [0.25, 0.3) is 5.91 Å². The molecule has 0 aliphatic rings. The van der Waals surface area contributed by atoms with E-state index >= 15 is 0 Å². The van der Waals surface area contributed by atoms with Gasteiger partial charge >= 0.3 is 0 Å². The standard InChI is InChI=1S/C17H17N3O/c1-12(14-6-4-3-5-7-14)19-17(21)16-9-8-15-10-18-11-20(15)13(16)2/h3-12H,1-2H3,(H,19,21)/t12-/m0/s1. The molecule has 0 saturated carbocycles. The van der Waals surface area contributed by atoms with Crippen molar-refractivity contribution >= 4 is 11.4 Å². The molecule has 2 heterocycles. The van der Waals surface area contributed by atoms with E-state index in [1.807, 2.05) is 60.7 Å². The zero-order chi connectivity index (χ0) is 14.8. The molecule has 2 aromatic heterocycles. The van der Waals surface area contributed by atoms with E-state index < -0.39 is 0 Å². The first-order valence-corrected chi connectivity index (χ1v) is 6.94. The molecule has 0 spiro atoms. The molecule has 4 nitrogen and oxygen atoms in total. The van der Waals surface area contributed by atoms with Crippen molar-refractivity contribution in [1.29, 1.82) is 0 Å². The zero-order valence-corrected chi connectivity index (χ0v) is 12.1. The number of hydrogen-bond acceptors (Lipinski definition) is 2. The number of aryl methyl sites for hydroxylation is 1. The van der Waals surface area contributed by atoms with Gasteiger partial charge in [0.05, 0.1) is 29.6 Å². The monoisotopic (exact) mass is 279 g/mol. The molecule has 1 atom stereocenters. The van der Waals surface area contributed by atoms with Gasteiger partial charge in [-0.25, -0.2) is 4.98 Å².